The quantitative estimate of drug-likeness (QED) is 0.766. The van der Waals surface area contributed by atoms with Crippen molar-refractivity contribution >= 4 is 15.9 Å². The molecule has 0 unspecified atom stereocenters. The lowest BCUT2D eigenvalue weighted by Gasteiger charge is -2.33. The average Bonchev–Trinajstić information content (AvgIpc) is 3.21. The third kappa shape index (κ3) is 4.03. The lowest BCUT2D eigenvalue weighted by atomic mass is 9.77. The lowest BCUT2D eigenvalue weighted by Crippen LogP contribution is -2.36. The molecule has 3 heteroatoms. The first kappa shape index (κ1) is 15.0. The monoisotopic (exact) mass is 327 g/mol. The minimum atomic E-state index is -0.176. The summed E-state index contributed by atoms with van der Waals surface area (Å²) in [5, 5.41) is 3.66. The van der Waals surface area contributed by atoms with Crippen molar-refractivity contribution in [2.24, 2.45) is 5.41 Å². The van der Waals surface area contributed by atoms with Gasteiger partial charge in [0, 0.05) is 17.1 Å². The highest BCUT2D eigenvalue weighted by Crippen LogP contribution is 2.34. The largest absolute Gasteiger partial charge is 0.313 e. The van der Waals surface area contributed by atoms with Crippen LogP contribution in [0.3, 0.4) is 0 Å². The van der Waals surface area contributed by atoms with E-state index in [2.05, 4.69) is 35.1 Å². The Kier molecular flexibility index (Phi) is 5.02. The predicted molar refractivity (Wildman–Crippen MR) is 81.8 cm³/mol. The summed E-state index contributed by atoms with van der Waals surface area (Å²) >= 11 is 3.49. The summed E-state index contributed by atoms with van der Waals surface area (Å²) in [6.45, 7) is 5.58. The molecule has 1 saturated carbocycles. The van der Waals surface area contributed by atoms with E-state index in [0.717, 1.165) is 36.3 Å². The third-order valence-electron chi connectivity index (χ3n) is 4.42. The first-order valence-corrected chi connectivity index (χ1v) is 8.05. The van der Waals surface area contributed by atoms with Crippen molar-refractivity contribution in [2.45, 2.75) is 52.0 Å². The molecule has 2 rings (SSSR count). The van der Waals surface area contributed by atoms with Crippen molar-refractivity contribution in [2.75, 3.05) is 6.54 Å². The standard InChI is InChI=1S/C16H23BrFN/c1-3-16(4-2,11-19-14-7-8-14)10-12-5-6-13(18)9-15(12)17/h5-6,9,14,19H,3-4,7-8,10-11H2,1-2H3. The Labute approximate surface area is 124 Å². The first-order valence-electron chi connectivity index (χ1n) is 7.26. The molecule has 0 radical (unpaired) electrons. The summed E-state index contributed by atoms with van der Waals surface area (Å²) in [5.74, 6) is -0.176. The van der Waals surface area contributed by atoms with E-state index < -0.39 is 0 Å². The SMILES string of the molecule is CCC(CC)(CNC1CC1)Cc1ccc(F)cc1Br. The molecule has 0 aliphatic heterocycles. The fourth-order valence-electron chi connectivity index (χ4n) is 2.53. The number of rotatable bonds is 7. The van der Waals surface area contributed by atoms with Crippen LogP contribution >= 0.6 is 15.9 Å². The van der Waals surface area contributed by atoms with E-state index in [-0.39, 0.29) is 11.2 Å². The number of halogens is 2. The van der Waals surface area contributed by atoms with Crippen molar-refractivity contribution in [1.82, 2.24) is 5.32 Å². The van der Waals surface area contributed by atoms with Crippen molar-refractivity contribution < 1.29 is 4.39 Å². The van der Waals surface area contributed by atoms with Gasteiger partial charge in [-0.25, -0.2) is 4.39 Å². The molecule has 1 fully saturated rings. The molecule has 0 atom stereocenters. The molecule has 0 aromatic heterocycles. The van der Waals surface area contributed by atoms with Gasteiger partial charge in [-0.15, -0.1) is 0 Å². The van der Waals surface area contributed by atoms with Crippen molar-refractivity contribution in [3.63, 3.8) is 0 Å². The van der Waals surface area contributed by atoms with Gasteiger partial charge in [0.15, 0.2) is 0 Å². The van der Waals surface area contributed by atoms with Gasteiger partial charge >= 0.3 is 0 Å². The van der Waals surface area contributed by atoms with E-state index in [1.807, 2.05) is 6.07 Å². The van der Waals surface area contributed by atoms with Gasteiger partial charge in [-0.2, -0.15) is 0 Å². The van der Waals surface area contributed by atoms with Crippen molar-refractivity contribution in [3.8, 4) is 0 Å². The van der Waals surface area contributed by atoms with Gasteiger partial charge in [0.05, 0.1) is 0 Å². The Bertz CT molecular complexity index is 425. The average molecular weight is 328 g/mol. The van der Waals surface area contributed by atoms with Gasteiger partial charge < -0.3 is 5.32 Å². The maximum atomic E-state index is 13.2. The second kappa shape index (κ2) is 6.36. The zero-order valence-corrected chi connectivity index (χ0v) is 13.4. The maximum Gasteiger partial charge on any atom is 0.124 e. The molecule has 106 valence electrons. The highest BCUT2D eigenvalue weighted by molar-refractivity contribution is 9.10. The molecule has 19 heavy (non-hydrogen) atoms. The molecular weight excluding hydrogens is 305 g/mol. The fourth-order valence-corrected chi connectivity index (χ4v) is 3.02. The molecule has 0 amide bonds. The van der Waals surface area contributed by atoms with Gasteiger partial charge in [0.1, 0.15) is 5.82 Å². The van der Waals surface area contributed by atoms with Gasteiger partial charge in [0.25, 0.3) is 0 Å². The highest BCUT2D eigenvalue weighted by Gasteiger charge is 2.30. The molecule has 0 spiro atoms. The van der Waals surface area contributed by atoms with E-state index in [1.54, 1.807) is 12.1 Å². The molecule has 1 aromatic rings. The van der Waals surface area contributed by atoms with Crippen molar-refractivity contribution in [3.05, 3.63) is 34.1 Å². The van der Waals surface area contributed by atoms with E-state index in [9.17, 15) is 4.39 Å². The van der Waals surface area contributed by atoms with Gasteiger partial charge in [-0.3, -0.25) is 0 Å². The number of hydrogen-bond donors (Lipinski definition) is 1. The topological polar surface area (TPSA) is 12.0 Å². The van der Waals surface area contributed by atoms with E-state index >= 15 is 0 Å². The zero-order valence-electron chi connectivity index (χ0n) is 11.8. The van der Waals surface area contributed by atoms with Crippen LogP contribution in [0, 0.1) is 11.2 Å². The molecule has 1 aliphatic carbocycles. The van der Waals surface area contributed by atoms with Gasteiger partial charge in [-0.1, -0.05) is 35.8 Å². The van der Waals surface area contributed by atoms with Gasteiger partial charge in [0.2, 0.25) is 0 Å². The lowest BCUT2D eigenvalue weighted by molar-refractivity contribution is 0.245. The Morgan fingerprint density at radius 2 is 2.00 bits per heavy atom. The molecule has 0 heterocycles. The molecule has 1 aliphatic rings. The Balaban J connectivity index is 2.09. The predicted octanol–water partition coefficient (Wildman–Crippen LogP) is 4.69. The van der Waals surface area contributed by atoms with Crippen LogP contribution in [-0.2, 0) is 6.42 Å². The summed E-state index contributed by atoms with van der Waals surface area (Å²) in [6.07, 6.45) is 5.94. The second-order valence-electron chi connectivity index (χ2n) is 5.77. The summed E-state index contributed by atoms with van der Waals surface area (Å²) in [7, 11) is 0. The number of hydrogen-bond acceptors (Lipinski definition) is 1. The minimum absolute atomic E-state index is 0.176. The Hall–Kier alpha value is -0.410. The van der Waals surface area contributed by atoms with Crippen LogP contribution in [0.1, 0.15) is 45.1 Å². The smallest absolute Gasteiger partial charge is 0.124 e. The van der Waals surface area contributed by atoms with Crippen LogP contribution in [-0.4, -0.2) is 12.6 Å². The van der Waals surface area contributed by atoms with Crippen LogP contribution in [0.25, 0.3) is 0 Å². The molecule has 1 N–H and O–H groups in total. The summed E-state index contributed by atoms with van der Waals surface area (Å²) in [5.41, 5.74) is 1.49. The van der Waals surface area contributed by atoms with Crippen LogP contribution in [0.4, 0.5) is 4.39 Å². The second-order valence-corrected chi connectivity index (χ2v) is 6.63. The van der Waals surface area contributed by atoms with E-state index in [1.165, 1.54) is 18.4 Å². The molecule has 1 nitrogen and oxygen atoms in total. The first-order chi connectivity index (χ1) is 9.08. The third-order valence-corrected chi connectivity index (χ3v) is 5.16. The molecule has 1 aromatic carbocycles. The number of nitrogens with one attached hydrogen (secondary N) is 1. The molecular formula is C16H23BrFN. The summed E-state index contributed by atoms with van der Waals surface area (Å²) < 4.78 is 14.1. The molecule has 0 bridgehead atoms. The fraction of sp³-hybridized carbons (Fsp3) is 0.625. The van der Waals surface area contributed by atoms with Crippen LogP contribution in [0.15, 0.2) is 22.7 Å². The van der Waals surface area contributed by atoms with E-state index in [4.69, 9.17) is 0 Å². The maximum absolute atomic E-state index is 13.2. The highest BCUT2D eigenvalue weighted by atomic mass is 79.9. The minimum Gasteiger partial charge on any atom is -0.313 e. The van der Waals surface area contributed by atoms with E-state index in [0.29, 0.717) is 0 Å². The summed E-state index contributed by atoms with van der Waals surface area (Å²) in [4.78, 5) is 0. The van der Waals surface area contributed by atoms with Crippen molar-refractivity contribution in [1.29, 1.82) is 0 Å². The van der Waals surface area contributed by atoms with Crippen LogP contribution in [0.2, 0.25) is 0 Å². The molecule has 0 saturated heterocycles. The van der Waals surface area contributed by atoms with Gasteiger partial charge in [-0.05, 0) is 55.2 Å². The summed E-state index contributed by atoms with van der Waals surface area (Å²) in [6, 6.07) is 5.79. The Morgan fingerprint density at radius 3 is 2.53 bits per heavy atom. The van der Waals surface area contributed by atoms with Crippen LogP contribution in [0.5, 0.6) is 0 Å². The zero-order chi connectivity index (χ0) is 13.9. The Morgan fingerprint density at radius 1 is 1.32 bits per heavy atom. The number of benzene rings is 1. The normalized spacial score (nSPS) is 15.8. The van der Waals surface area contributed by atoms with Crippen LogP contribution < -0.4 is 5.32 Å².